The fourth-order valence-electron chi connectivity index (χ4n) is 2.93. The van der Waals surface area contributed by atoms with E-state index in [1.807, 2.05) is 6.07 Å². The number of hydrogen-bond donors (Lipinski definition) is 4. The van der Waals surface area contributed by atoms with E-state index < -0.39 is 17.6 Å². The molecule has 0 saturated heterocycles. The third-order valence-electron chi connectivity index (χ3n) is 4.82. The number of aliphatic hydroxyl groups excluding tert-OH is 1. The topological polar surface area (TPSA) is 111 Å². The minimum absolute atomic E-state index is 0.0181. The third kappa shape index (κ3) is 4.43. The fourth-order valence-corrected chi connectivity index (χ4v) is 2.93. The van der Waals surface area contributed by atoms with Gasteiger partial charge in [-0.15, -0.1) is 0 Å². The number of aromatic amines is 1. The van der Waals surface area contributed by atoms with Gasteiger partial charge >= 0.3 is 0 Å². The van der Waals surface area contributed by atoms with Gasteiger partial charge in [-0.05, 0) is 43.7 Å². The Labute approximate surface area is 156 Å². The van der Waals surface area contributed by atoms with Crippen LogP contribution in [0.4, 0.5) is 0 Å². The first-order chi connectivity index (χ1) is 13.0. The minimum Gasteiger partial charge on any atom is -0.389 e. The van der Waals surface area contributed by atoms with Crippen LogP contribution in [0.5, 0.6) is 0 Å². The Morgan fingerprint density at radius 2 is 1.89 bits per heavy atom. The fraction of sp³-hybridized carbons (Fsp3) is 0.350. The molecule has 7 nitrogen and oxygen atoms in total. The summed E-state index contributed by atoms with van der Waals surface area (Å²) in [6.45, 7) is 1.74. The summed E-state index contributed by atoms with van der Waals surface area (Å²) in [7, 11) is 0. The quantitative estimate of drug-likeness (QED) is 0.574. The van der Waals surface area contributed by atoms with Crippen molar-refractivity contribution in [2.45, 2.75) is 32.3 Å². The van der Waals surface area contributed by atoms with Crippen molar-refractivity contribution in [3.8, 4) is 0 Å². The molecule has 1 aliphatic carbocycles. The van der Waals surface area contributed by atoms with Crippen LogP contribution in [-0.4, -0.2) is 41.1 Å². The standard InChI is InChI=1S/C20H23N3O4/c1-12(13-6-4-7-13)18(25)21-10-15(24)11-22-19(26)16-9-14-5-2-3-8-17(14)23-20(16)27/h2-3,5,8-9,15,24H,4,6-7,10-11H2,1H3,(H,21,25)(H,22,26)(H,23,27). The Balaban J connectivity index is 1.53. The SMILES string of the molecule is CC(C(=O)NCC(O)CNC(=O)c1cc2ccccc2[nH]c1=O)=C1CCC1. The molecule has 27 heavy (non-hydrogen) atoms. The molecule has 1 unspecified atom stereocenters. The van der Waals surface area contributed by atoms with E-state index in [1.54, 1.807) is 25.1 Å². The predicted octanol–water partition coefficient (Wildman–Crippen LogP) is 1.24. The van der Waals surface area contributed by atoms with Crippen LogP contribution in [0.2, 0.25) is 0 Å². The number of rotatable bonds is 6. The van der Waals surface area contributed by atoms with Gasteiger partial charge in [-0.3, -0.25) is 14.4 Å². The zero-order valence-corrected chi connectivity index (χ0v) is 15.2. The largest absolute Gasteiger partial charge is 0.389 e. The van der Waals surface area contributed by atoms with Gasteiger partial charge in [0.25, 0.3) is 11.5 Å². The van der Waals surface area contributed by atoms with Crippen molar-refractivity contribution in [1.82, 2.24) is 15.6 Å². The Kier molecular flexibility index (Phi) is 5.71. The summed E-state index contributed by atoms with van der Waals surface area (Å²) in [5.41, 5.74) is 2.01. The summed E-state index contributed by atoms with van der Waals surface area (Å²) in [6.07, 6.45) is 2.08. The van der Waals surface area contributed by atoms with Crippen LogP contribution in [0, 0.1) is 0 Å². The molecule has 4 N–H and O–H groups in total. The molecule has 0 bridgehead atoms. The first-order valence-electron chi connectivity index (χ1n) is 9.01. The van der Waals surface area contributed by atoms with Gasteiger partial charge in [0.2, 0.25) is 5.91 Å². The zero-order valence-electron chi connectivity index (χ0n) is 15.2. The number of amides is 2. The summed E-state index contributed by atoms with van der Waals surface area (Å²) in [4.78, 5) is 39.0. The van der Waals surface area contributed by atoms with E-state index in [2.05, 4.69) is 15.6 Å². The third-order valence-corrected chi connectivity index (χ3v) is 4.82. The van der Waals surface area contributed by atoms with Crippen molar-refractivity contribution in [1.29, 1.82) is 0 Å². The Bertz CT molecular complexity index is 955. The van der Waals surface area contributed by atoms with E-state index >= 15 is 0 Å². The minimum atomic E-state index is -0.948. The van der Waals surface area contributed by atoms with Crippen LogP contribution in [0.15, 0.2) is 46.3 Å². The number of fused-ring (bicyclic) bond motifs is 1. The van der Waals surface area contributed by atoms with Gasteiger partial charge < -0.3 is 20.7 Å². The molecule has 1 saturated carbocycles. The van der Waals surface area contributed by atoms with E-state index in [-0.39, 0.29) is 24.6 Å². The van der Waals surface area contributed by atoms with E-state index in [0.717, 1.165) is 30.2 Å². The van der Waals surface area contributed by atoms with Crippen molar-refractivity contribution in [2.75, 3.05) is 13.1 Å². The first kappa shape index (κ1) is 18.8. The normalized spacial score (nSPS) is 14.4. The second kappa shape index (κ2) is 8.18. The molecule has 7 heteroatoms. The molecule has 142 valence electrons. The molecule has 0 aliphatic heterocycles. The maximum absolute atomic E-state index is 12.3. The Hall–Kier alpha value is -2.93. The van der Waals surface area contributed by atoms with Crippen LogP contribution in [0.25, 0.3) is 10.9 Å². The van der Waals surface area contributed by atoms with Crippen LogP contribution >= 0.6 is 0 Å². The monoisotopic (exact) mass is 369 g/mol. The van der Waals surface area contributed by atoms with E-state index in [9.17, 15) is 19.5 Å². The molecule has 1 aromatic heterocycles. The van der Waals surface area contributed by atoms with E-state index in [4.69, 9.17) is 0 Å². The molecular weight excluding hydrogens is 346 g/mol. The van der Waals surface area contributed by atoms with Crippen molar-refractivity contribution in [3.05, 3.63) is 57.4 Å². The van der Waals surface area contributed by atoms with Gasteiger partial charge in [-0.2, -0.15) is 0 Å². The Morgan fingerprint density at radius 1 is 1.19 bits per heavy atom. The second-order valence-electron chi connectivity index (χ2n) is 6.76. The van der Waals surface area contributed by atoms with Crippen molar-refractivity contribution in [2.24, 2.45) is 0 Å². The van der Waals surface area contributed by atoms with Crippen LogP contribution in [-0.2, 0) is 4.79 Å². The first-order valence-corrected chi connectivity index (χ1v) is 9.01. The van der Waals surface area contributed by atoms with E-state index in [1.165, 1.54) is 6.07 Å². The number of benzene rings is 1. The van der Waals surface area contributed by atoms with Gasteiger partial charge in [-0.25, -0.2) is 0 Å². The molecule has 1 heterocycles. The highest BCUT2D eigenvalue weighted by molar-refractivity contribution is 5.97. The van der Waals surface area contributed by atoms with Crippen molar-refractivity contribution >= 4 is 22.7 Å². The molecule has 3 rings (SSSR count). The summed E-state index contributed by atoms with van der Waals surface area (Å²) >= 11 is 0. The molecule has 1 fully saturated rings. The van der Waals surface area contributed by atoms with Gasteiger partial charge in [0.05, 0.1) is 6.10 Å². The van der Waals surface area contributed by atoms with Crippen molar-refractivity contribution < 1.29 is 14.7 Å². The number of aromatic nitrogens is 1. The van der Waals surface area contributed by atoms with Gasteiger partial charge in [-0.1, -0.05) is 23.8 Å². The Morgan fingerprint density at radius 3 is 2.59 bits per heavy atom. The van der Waals surface area contributed by atoms with Crippen LogP contribution in [0.3, 0.4) is 0 Å². The van der Waals surface area contributed by atoms with Crippen LogP contribution < -0.4 is 16.2 Å². The van der Waals surface area contributed by atoms with Gasteiger partial charge in [0, 0.05) is 24.2 Å². The number of carbonyl (C=O) groups excluding carboxylic acids is 2. The van der Waals surface area contributed by atoms with Gasteiger partial charge in [0.15, 0.2) is 0 Å². The molecule has 2 amide bonds. The number of nitrogens with one attached hydrogen (secondary N) is 3. The number of hydrogen-bond acceptors (Lipinski definition) is 4. The zero-order chi connectivity index (χ0) is 19.4. The summed E-state index contributed by atoms with van der Waals surface area (Å²) in [5, 5.41) is 15.9. The second-order valence-corrected chi connectivity index (χ2v) is 6.76. The van der Waals surface area contributed by atoms with Crippen LogP contribution in [0.1, 0.15) is 36.5 Å². The molecular formula is C20H23N3O4. The molecule has 2 aromatic rings. The lowest BCUT2D eigenvalue weighted by Crippen LogP contribution is -2.41. The highest BCUT2D eigenvalue weighted by Crippen LogP contribution is 2.28. The molecule has 1 aromatic carbocycles. The highest BCUT2D eigenvalue weighted by Gasteiger charge is 2.18. The number of aliphatic hydroxyl groups is 1. The molecule has 1 aliphatic rings. The number of para-hydroxylation sites is 1. The molecule has 0 spiro atoms. The summed E-state index contributed by atoms with van der Waals surface area (Å²) < 4.78 is 0. The lowest BCUT2D eigenvalue weighted by molar-refractivity contribution is -0.118. The number of H-pyrrole nitrogens is 1. The average Bonchev–Trinajstić information content (AvgIpc) is 2.62. The smallest absolute Gasteiger partial charge is 0.261 e. The maximum atomic E-state index is 12.3. The highest BCUT2D eigenvalue weighted by atomic mass is 16.3. The molecule has 0 radical (unpaired) electrons. The lowest BCUT2D eigenvalue weighted by Gasteiger charge is -2.20. The maximum Gasteiger partial charge on any atom is 0.261 e. The van der Waals surface area contributed by atoms with E-state index in [0.29, 0.717) is 11.1 Å². The summed E-state index contributed by atoms with van der Waals surface area (Å²) in [6, 6.07) is 8.68. The van der Waals surface area contributed by atoms with Gasteiger partial charge in [0.1, 0.15) is 5.56 Å². The number of pyridine rings is 1. The number of allylic oxidation sites excluding steroid dienone is 1. The molecule has 1 atom stereocenters. The average molecular weight is 369 g/mol. The summed E-state index contributed by atoms with van der Waals surface area (Å²) in [5.74, 6) is -0.763. The number of carbonyl (C=O) groups is 2. The lowest BCUT2D eigenvalue weighted by atomic mass is 9.88. The predicted molar refractivity (Wildman–Crippen MR) is 102 cm³/mol. The van der Waals surface area contributed by atoms with Crippen molar-refractivity contribution in [3.63, 3.8) is 0 Å².